The molecule has 1 aliphatic heterocycles. The molecule has 0 spiro atoms. The van der Waals surface area contributed by atoms with Gasteiger partial charge in [0.2, 0.25) is 0 Å². The number of hydrogen-bond acceptors (Lipinski definition) is 5. The minimum absolute atomic E-state index is 0.140. The molecule has 2 rings (SSSR count). The molecule has 74 valence electrons. The first kappa shape index (κ1) is 9.11. The van der Waals surface area contributed by atoms with Crippen molar-refractivity contribution >= 4 is 0 Å². The second-order valence-electron chi connectivity index (χ2n) is 3.02. The smallest absolute Gasteiger partial charge is 0.115 e. The molecule has 1 unspecified atom stereocenters. The van der Waals surface area contributed by atoms with Gasteiger partial charge in [-0.1, -0.05) is 0 Å². The lowest BCUT2D eigenvalue weighted by atomic mass is 10.1. The highest BCUT2D eigenvalue weighted by atomic mass is 16.5. The molecule has 14 heavy (non-hydrogen) atoms. The highest BCUT2D eigenvalue weighted by molar-refractivity contribution is 5.21. The van der Waals surface area contributed by atoms with Crippen LogP contribution in [0.25, 0.3) is 0 Å². The van der Waals surface area contributed by atoms with Crippen LogP contribution >= 0.6 is 0 Å². The predicted molar refractivity (Wildman–Crippen MR) is 50.7 cm³/mol. The van der Waals surface area contributed by atoms with Crippen LogP contribution in [0, 0.1) is 0 Å². The summed E-state index contributed by atoms with van der Waals surface area (Å²) >= 11 is 0. The Bertz CT molecular complexity index is 325. The Kier molecular flexibility index (Phi) is 2.71. The largest absolute Gasteiger partial charge is 0.496 e. The van der Waals surface area contributed by atoms with E-state index in [0.29, 0.717) is 0 Å². The SMILES string of the molecule is NNC(C1=CCCO1)c1cncnc1. The van der Waals surface area contributed by atoms with E-state index < -0.39 is 0 Å². The minimum Gasteiger partial charge on any atom is -0.496 e. The molecule has 0 saturated heterocycles. The molecule has 1 atom stereocenters. The molecule has 1 aromatic rings. The summed E-state index contributed by atoms with van der Waals surface area (Å²) in [5.41, 5.74) is 3.59. The molecule has 3 N–H and O–H groups in total. The number of ether oxygens (including phenoxy) is 1. The maximum atomic E-state index is 5.46. The molecule has 0 aromatic carbocycles. The summed E-state index contributed by atoms with van der Waals surface area (Å²) < 4.78 is 5.42. The Morgan fingerprint density at radius 1 is 1.43 bits per heavy atom. The van der Waals surface area contributed by atoms with Gasteiger partial charge in [0.15, 0.2) is 0 Å². The third-order valence-electron chi connectivity index (χ3n) is 2.10. The molecule has 0 fully saturated rings. The molecule has 0 amide bonds. The van der Waals surface area contributed by atoms with Gasteiger partial charge in [0.1, 0.15) is 18.1 Å². The Balaban J connectivity index is 2.21. The normalized spacial score (nSPS) is 17.4. The standard InChI is InChI=1S/C9H12N4O/c10-13-9(8-2-1-3-14-8)7-4-11-6-12-5-7/h2,4-6,9,13H,1,3,10H2. The zero-order valence-corrected chi connectivity index (χ0v) is 7.68. The highest BCUT2D eigenvalue weighted by Gasteiger charge is 2.19. The summed E-state index contributed by atoms with van der Waals surface area (Å²) in [5.74, 6) is 6.31. The second kappa shape index (κ2) is 4.17. The van der Waals surface area contributed by atoms with E-state index in [2.05, 4.69) is 15.4 Å². The van der Waals surface area contributed by atoms with Gasteiger partial charge < -0.3 is 4.74 Å². The number of nitrogens with two attached hydrogens (primary N) is 1. The van der Waals surface area contributed by atoms with Crippen molar-refractivity contribution in [1.82, 2.24) is 15.4 Å². The quantitative estimate of drug-likeness (QED) is 0.531. The van der Waals surface area contributed by atoms with Gasteiger partial charge in [0.25, 0.3) is 0 Å². The van der Waals surface area contributed by atoms with Crippen LogP contribution in [0.3, 0.4) is 0 Å². The second-order valence-corrected chi connectivity index (χ2v) is 3.02. The Morgan fingerprint density at radius 2 is 2.21 bits per heavy atom. The number of hydrazine groups is 1. The molecular weight excluding hydrogens is 180 g/mol. The first-order valence-electron chi connectivity index (χ1n) is 4.45. The minimum atomic E-state index is -0.140. The molecule has 0 radical (unpaired) electrons. The number of nitrogens with zero attached hydrogens (tertiary/aromatic N) is 2. The van der Waals surface area contributed by atoms with Gasteiger partial charge in [-0.2, -0.15) is 0 Å². The third kappa shape index (κ3) is 1.73. The van der Waals surface area contributed by atoms with Crippen molar-refractivity contribution in [1.29, 1.82) is 0 Å². The van der Waals surface area contributed by atoms with Crippen molar-refractivity contribution in [2.75, 3.05) is 6.61 Å². The fraction of sp³-hybridized carbons (Fsp3) is 0.333. The topological polar surface area (TPSA) is 73.1 Å². The maximum Gasteiger partial charge on any atom is 0.115 e. The molecular formula is C9H12N4O. The summed E-state index contributed by atoms with van der Waals surface area (Å²) in [6, 6.07) is -0.140. The van der Waals surface area contributed by atoms with Gasteiger partial charge in [-0.25, -0.2) is 15.4 Å². The van der Waals surface area contributed by atoms with Crippen molar-refractivity contribution in [2.24, 2.45) is 5.84 Å². The van der Waals surface area contributed by atoms with E-state index in [1.54, 1.807) is 12.4 Å². The van der Waals surface area contributed by atoms with Gasteiger partial charge >= 0.3 is 0 Å². The van der Waals surface area contributed by atoms with Crippen LogP contribution in [0.1, 0.15) is 18.0 Å². The van der Waals surface area contributed by atoms with Crippen molar-refractivity contribution in [3.05, 3.63) is 36.1 Å². The summed E-state index contributed by atoms with van der Waals surface area (Å²) in [4.78, 5) is 7.87. The molecule has 0 bridgehead atoms. The van der Waals surface area contributed by atoms with Crippen LogP contribution < -0.4 is 11.3 Å². The van der Waals surface area contributed by atoms with Gasteiger partial charge in [-0.05, 0) is 6.08 Å². The Morgan fingerprint density at radius 3 is 2.79 bits per heavy atom. The van der Waals surface area contributed by atoms with E-state index in [1.807, 2.05) is 6.08 Å². The summed E-state index contributed by atoms with van der Waals surface area (Å²) in [6.07, 6.45) is 7.89. The molecule has 5 heteroatoms. The first-order chi connectivity index (χ1) is 6.92. The molecule has 1 aromatic heterocycles. The molecule has 0 saturated carbocycles. The number of rotatable bonds is 3. The molecule has 1 aliphatic rings. The lowest BCUT2D eigenvalue weighted by molar-refractivity contribution is 0.215. The van der Waals surface area contributed by atoms with Gasteiger partial charge in [-0.15, -0.1) is 0 Å². The average Bonchev–Trinajstić information content (AvgIpc) is 2.74. The Hall–Kier alpha value is -1.46. The van der Waals surface area contributed by atoms with E-state index in [4.69, 9.17) is 10.6 Å². The zero-order chi connectivity index (χ0) is 9.80. The summed E-state index contributed by atoms with van der Waals surface area (Å²) in [5, 5.41) is 0. The number of hydrogen-bond donors (Lipinski definition) is 2. The zero-order valence-electron chi connectivity index (χ0n) is 7.68. The van der Waals surface area contributed by atoms with Gasteiger partial charge in [-0.3, -0.25) is 5.84 Å². The van der Waals surface area contributed by atoms with Crippen LogP contribution in [0.15, 0.2) is 30.6 Å². The maximum absolute atomic E-state index is 5.46. The molecule has 5 nitrogen and oxygen atoms in total. The third-order valence-corrected chi connectivity index (χ3v) is 2.10. The van der Waals surface area contributed by atoms with E-state index >= 15 is 0 Å². The summed E-state index contributed by atoms with van der Waals surface area (Å²) in [6.45, 7) is 0.723. The van der Waals surface area contributed by atoms with Crippen LogP contribution in [0.2, 0.25) is 0 Å². The Labute approximate surface area is 82.0 Å². The van der Waals surface area contributed by atoms with Gasteiger partial charge in [0.05, 0.1) is 6.61 Å². The van der Waals surface area contributed by atoms with Crippen LogP contribution in [0.4, 0.5) is 0 Å². The molecule has 0 aliphatic carbocycles. The fourth-order valence-corrected chi connectivity index (χ4v) is 1.44. The first-order valence-corrected chi connectivity index (χ1v) is 4.45. The number of nitrogens with one attached hydrogen (secondary N) is 1. The highest BCUT2D eigenvalue weighted by Crippen LogP contribution is 2.24. The lowest BCUT2D eigenvalue weighted by Gasteiger charge is -2.16. The fourth-order valence-electron chi connectivity index (χ4n) is 1.44. The van der Waals surface area contributed by atoms with E-state index in [1.165, 1.54) is 6.33 Å². The van der Waals surface area contributed by atoms with E-state index in [-0.39, 0.29) is 6.04 Å². The summed E-state index contributed by atoms with van der Waals surface area (Å²) in [7, 11) is 0. The van der Waals surface area contributed by atoms with Gasteiger partial charge in [0, 0.05) is 24.4 Å². The van der Waals surface area contributed by atoms with Crippen molar-refractivity contribution < 1.29 is 4.74 Å². The van der Waals surface area contributed by atoms with Crippen LogP contribution in [-0.4, -0.2) is 16.6 Å². The van der Waals surface area contributed by atoms with E-state index in [9.17, 15) is 0 Å². The van der Waals surface area contributed by atoms with E-state index in [0.717, 1.165) is 24.4 Å². The number of aromatic nitrogens is 2. The van der Waals surface area contributed by atoms with Crippen molar-refractivity contribution in [2.45, 2.75) is 12.5 Å². The van der Waals surface area contributed by atoms with Crippen molar-refractivity contribution in [3.63, 3.8) is 0 Å². The van der Waals surface area contributed by atoms with Crippen LogP contribution in [-0.2, 0) is 4.74 Å². The van der Waals surface area contributed by atoms with Crippen LogP contribution in [0.5, 0.6) is 0 Å². The monoisotopic (exact) mass is 192 g/mol. The predicted octanol–water partition coefficient (Wildman–Crippen LogP) is 0.285. The average molecular weight is 192 g/mol. The van der Waals surface area contributed by atoms with Crippen molar-refractivity contribution in [3.8, 4) is 0 Å². The lowest BCUT2D eigenvalue weighted by Crippen LogP contribution is -2.29. The molecule has 2 heterocycles.